The number of benzene rings is 3. The van der Waals surface area contributed by atoms with E-state index in [4.69, 9.17) is 31.4 Å². The zero-order chi connectivity index (χ0) is 58.5. The van der Waals surface area contributed by atoms with E-state index < -0.39 is 18.3 Å². The molecule has 3 aromatic heterocycles. The molecular weight excluding hydrogens is 1040 g/mol. The number of rotatable bonds is 27. The van der Waals surface area contributed by atoms with Gasteiger partial charge >= 0.3 is 18.3 Å². The molecule has 0 saturated heterocycles. The minimum absolute atomic E-state index is 0. The van der Waals surface area contributed by atoms with Crippen LogP contribution in [0.25, 0.3) is 0 Å². The number of nitrogens with two attached hydrogens (primary N) is 3. The Balaban J connectivity index is 0.000000347. The molecule has 0 saturated carbocycles. The van der Waals surface area contributed by atoms with Crippen LogP contribution in [0.15, 0.2) is 158 Å². The molecule has 0 aliphatic rings. The molecule has 3 unspecified atom stereocenters. The molecule has 0 spiro atoms. The number of nitrogens with zero attached hydrogens (tertiary/aromatic N) is 9. The van der Waals surface area contributed by atoms with Crippen LogP contribution >= 0.6 is 0 Å². The Morgan fingerprint density at radius 2 is 0.768 bits per heavy atom. The number of nitrogens with one attached hydrogen (secondary N) is 3. The highest BCUT2D eigenvalue weighted by molar-refractivity contribution is 5.89. The average molecular weight is 1120 g/mol. The Bertz CT molecular complexity index is 2860. The Hall–Kier alpha value is -8.88. The second-order valence-corrected chi connectivity index (χ2v) is 18.8. The van der Waals surface area contributed by atoms with Crippen LogP contribution < -0.4 is 33.2 Å². The maximum atomic E-state index is 12.6. The predicted molar refractivity (Wildman–Crippen MR) is 329 cm³/mol. The van der Waals surface area contributed by atoms with Gasteiger partial charge in [-0.05, 0) is 110 Å². The van der Waals surface area contributed by atoms with Crippen molar-refractivity contribution in [2.75, 3.05) is 53.0 Å². The van der Waals surface area contributed by atoms with E-state index in [1.165, 1.54) is 0 Å². The maximum Gasteiger partial charge on any atom is 0.412 e. The van der Waals surface area contributed by atoms with E-state index in [0.717, 1.165) is 88.4 Å². The quantitative estimate of drug-likeness (QED) is 0.0207. The van der Waals surface area contributed by atoms with Gasteiger partial charge in [0.15, 0.2) is 17.5 Å². The van der Waals surface area contributed by atoms with E-state index in [2.05, 4.69) is 103 Å². The number of carbonyl (C=O) groups excluding carboxylic acids is 3. The van der Waals surface area contributed by atoms with Crippen molar-refractivity contribution in [1.82, 2.24) is 15.0 Å². The summed E-state index contributed by atoms with van der Waals surface area (Å²) in [6.45, 7) is 13.8. The summed E-state index contributed by atoms with van der Waals surface area (Å²) >= 11 is 0. The first-order chi connectivity index (χ1) is 39.4. The van der Waals surface area contributed by atoms with Gasteiger partial charge in [0.05, 0.1) is 36.9 Å². The summed E-state index contributed by atoms with van der Waals surface area (Å²) in [6, 6.07) is 37.8. The third-order valence-corrected chi connectivity index (χ3v) is 12.4. The molecule has 3 heterocycles. The second kappa shape index (κ2) is 39.5. The molecule has 3 amide bonds. The predicted octanol–water partition coefficient (Wildman–Crippen LogP) is 18.2. The minimum Gasteiger partial charge on any atom is -0.449 e. The number of amides is 3. The summed E-state index contributed by atoms with van der Waals surface area (Å²) in [5, 5.41) is 32.6. The van der Waals surface area contributed by atoms with Crippen molar-refractivity contribution in [2.24, 2.45) is 48.4 Å². The molecule has 0 aliphatic heterocycles. The summed E-state index contributed by atoms with van der Waals surface area (Å²) in [6.07, 6.45) is 10.9. The standard InChI is InChI=1S/C29H43N5O4.C20H27N5O2.C11H11N5.CH4/c1-5-9-14-22(7-3)20-37-28(35)31-26-19-18-25(34-33-24-16-12-11-13-17-24)27(30-26)32-29(36)38-21-23(8-4)15-10-6-2;1-3-5-9-15(4-2)14-27-20(26)23-18-13-12-17(19(21)22-18)25-24-16-10-7-6-8-11-16;12-10-7-6-9(11(13)14-10)16-15-8-4-2-1-3-5-8;/h11-13,16-19,22-23H,5-10,14-15,20-21H2,1-4H3,(H2,30,31,32,35,36);6-8,10-13,15H,3-5,9,14H2,1-2H3,(H3,21,22,23,26);1-7H,(H4,12,13,14);1H4. The number of nitrogen functional groups attached to an aromatic ring is 3. The van der Waals surface area contributed by atoms with E-state index in [1.807, 2.05) is 91.0 Å². The molecule has 21 heteroatoms. The lowest BCUT2D eigenvalue weighted by Gasteiger charge is -2.16. The average Bonchev–Trinajstić information content (AvgIpc) is 3.50. The summed E-state index contributed by atoms with van der Waals surface area (Å²) in [5.41, 5.74) is 20.4. The van der Waals surface area contributed by atoms with Gasteiger partial charge in [0.2, 0.25) is 0 Å². The lowest BCUT2D eigenvalue weighted by atomic mass is 10.0. The van der Waals surface area contributed by atoms with Gasteiger partial charge in [-0.3, -0.25) is 16.0 Å². The van der Waals surface area contributed by atoms with Crippen molar-refractivity contribution in [3.63, 3.8) is 0 Å². The van der Waals surface area contributed by atoms with Crippen LogP contribution in [0.3, 0.4) is 0 Å². The summed E-state index contributed by atoms with van der Waals surface area (Å²) in [4.78, 5) is 49.4. The molecule has 440 valence electrons. The molecule has 0 radical (unpaired) electrons. The normalized spacial score (nSPS) is 11.9. The fourth-order valence-electron chi connectivity index (χ4n) is 7.39. The van der Waals surface area contributed by atoms with Crippen LogP contribution in [0.5, 0.6) is 0 Å². The smallest absolute Gasteiger partial charge is 0.412 e. The fourth-order valence-corrected chi connectivity index (χ4v) is 7.39. The van der Waals surface area contributed by atoms with Crippen LogP contribution in [0.2, 0.25) is 0 Å². The molecule has 6 aromatic rings. The maximum absolute atomic E-state index is 12.6. The zero-order valence-corrected chi connectivity index (χ0v) is 47.7. The van der Waals surface area contributed by atoms with Crippen molar-refractivity contribution < 1.29 is 28.6 Å². The Labute approximate surface area is 483 Å². The minimum atomic E-state index is -0.634. The molecular formula is C61H85N15O6. The Morgan fingerprint density at radius 3 is 1.13 bits per heavy atom. The third kappa shape index (κ3) is 26.9. The van der Waals surface area contributed by atoms with Gasteiger partial charge in [-0.2, -0.15) is 15.3 Å². The topological polar surface area (TPSA) is 306 Å². The highest BCUT2D eigenvalue weighted by atomic mass is 16.6. The number of hydrogen-bond acceptors (Lipinski definition) is 18. The van der Waals surface area contributed by atoms with Crippen molar-refractivity contribution in [3.8, 4) is 0 Å². The number of azo groups is 3. The van der Waals surface area contributed by atoms with Crippen molar-refractivity contribution in [3.05, 3.63) is 127 Å². The number of unbranched alkanes of at least 4 members (excludes halogenated alkanes) is 3. The van der Waals surface area contributed by atoms with Crippen LogP contribution in [-0.2, 0) is 14.2 Å². The van der Waals surface area contributed by atoms with E-state index in [-0.39, 0.29) is 30.7 Å². The first kappa shape index (κ1) is 67.4. The summed E-state index contributed by atoms with van der Waals surface area (Å²) < 4.78 is 16.2. The van der Waals surface area contributed by atoms with Gasteiger partial charge in [-0.15, -0.1) is 15.3 Å². The molecule has 9 N–H and O–H groups in total. The number of pyridine rings is 3. The van der Waals surface area contributed by atoms with Crippen LogP contribution in [-0.4, -0.2) is 53.1 Å². The van der Waals surface area contributed by atoms with E-state index in [0.29, 0.717) is 72.0 Å². The molecule has 6 rings (SSSR count). The first-order valence-corrected chi connectivity index (χ1v) is 27.9. The van der Waals surface area contributed by atoms with E-state index >= 15 is 0 Å². The van der Waals surface area contributed by atoms with Crippen LogP contribution in [0.4, 0.5) is 83.4 Å². The molecule has 3 atom stereocenters. The Kier molecular flexibility index (Phi) is 32.5. The number of anilines is 6. The molecule has 21 nitrogen and oxygen atoms in total. The zero-order valence-electron chi connectivity index (χ0n) is 47.7. The van der Waals surface area contributed by atoms with Crippen molar-refractivity contribution >= 4 is 87.3 Å². The Morgan fingerprint density at radius 1 is 0.427 bits per heavy atom. The SMILES string of the molecule is C.CCCCC(CC)COC(=O)Nc1ccc(N=Nc2ccccc2)c(N)n1.CCCCC(CC)COC(=O)Nc1ccc(N=Nc2ccccc2)c(NC(=O)OCC(CC)CCCC)n1.Nc1ccc(N=Nc2ccccc2)c(N)n1. The fraction of sp³-hybridized carbons (Fsp3) is 0.410. The van der Waals surface area contributed by atoms with Gasteiger partial charge in [0.1, 0.15) is 34.5 Å². The first-order valence-electron chi connectivity index (χ1n) is 27.9. The lowest BCUT2D eigenvalue weighted by Crippen LogP contribution is -2.21. The number of aromatic nitrogens is 3. The highest BCUT2D eigenvalue weighted by Gasteiger charge is 2.17. The second-order valence-electron chi connectivity index (χ2n) is 18.8. The van der Waals surface area contributed by atoms with Gasteiger partial charge in [0, 0.05) is 0 Å². The molecule has 0 fully saturated rings. The van der Waals surface area contributed by atoms with Gasteiger partial charge in [0.25, 0.3) is 0 Å². The molecule has 0 aliphatic carbocycles. The molecule has 82 heavy (non-hydrogen) atoms. The van der Waals surface area contributed by atoms with E-state index in [1.54, 1.807) is 36.4 Å². The lowest BCUT2D eigenvalue weighted by molar-refractivity contribution is 0.135. The van der Waals surface area contributed by atoms with Crippen molar-refractivity contribution in [1.29, 1.82) is 0 Å². The monoisotopic (exact) mass is 1120 g/mol. The van der Waals surface area contributed by atoms with E-state index in [9.17, 15) is 14.4 Å². The highest BCUT2D eigenvalue weighted by Crippen LogP contribution is 2.29. The largest absolute Gasteiger partial charge is 0.449 e. The number of ether oxygens (including phenoxy) is 3. The van der Waals surface area contributed by atoms with Crippen LogP contribution in [0.1, 0.15) is 126 Å². The van der Waals surface area contributed by atoms with Crippen molar-refractivity contribution in [2.45, 2.75) is 126 Å². The molecule has 0 bridgehead atoms. The van der Waals surface area contributed by atoms with Gasteiger partial charge in [-0.1, -0.05) is 161 Å². The number of hydrogen-bond donors (Lipinski definition) is 6. The summed E-state index contributed by atoms with van der Waals surface area (Å²) in [7, 11) is 0. The molecule has 3 aromatic carbocycles. The summed E-state index contributed by atoms with van der Waals surface area (Å²) in [5.74, 6) is 2.51. The third-order valence-electron chi connectivity index (χ3n) is 12.4. The number of carbonyl (C=O) groups is 3. The van der Waals surface area contributed by atoms with Gasteiger partial charge < -0.3 is 31.4 Å². The van der Waals surface area contributed by atoms with Crippen LogP contribution in [0, 0.1) is 17.8 Å². The van der Waals surface area contributed by atoms with Gasteiger partial charge in [-0.25, -0.2) is 29.3 Å².